The van der Waals surface area contributed by atoms with Crippen molar-refractivity contribution in [2.45, 2.75) is 19.5 Å². The molecule has 0 aliphatic rings. The van der Waals surface area contributed by atoms with Crippen molar-refractivity contribution in [3.05, 3.63) is 35.3 Å². The van der Waals surface area contributed by atoms with E-state index < -0.39 is 0 Å². The molecule has 6 heteroatoms. The van der Waals surface area contributed by atoms with Gasteiger partial charge in [-0.05, 0) is 30.7 Å². The third-order valence-corrected chi connectivity index (χ3v) is 2.26. The minimum absolute atomic E-state index is 0.0939. The van der Waals surface area contributed by atoms with E-state index in [-0.39, 0.29) is 6.04 Å². The summed E-state index contributed by atoms with van der Waals surface area (Å²) in [4.78, 5) is 4.05. The number of rotatable bonds is 4. The summed E-state index contributed by atoms with van der Waals surface area (Å²) in [5.74, 6) is 1.60. The fourth-order valence-corrected chi connectivity index (χ4v) is 1.38. The van der Waals surface area contributed by atoms with E-state index in [0.29, 0.717) is 11.8 Å². The molecule has 2 N–H and O–H groups in total. The summed E-state index contributed by atoms with van der Waals surface area (Å²) in [6, 6.07) is 3.65. The van der Waals surface area contributed by atoms with Crippen molar-refractivity contribution < 1.29 is 4.42 Å². The minimum atomic E-state index is 0.0939. The van der Waals surface area contributed by atoms with Crippen LogP contribution in [0.2, 0.25) is 5.22 Å². The van der Waals surface area contributed by atoms with E-state index in [1.165, 1.54) is 6.33 Å². The van der Waals surface area contributed by atoms with Gasteiger partial charge in [-0.15, -0.1) is 0 Å². The molecule has 0 aliphatic heterocycles. The summed E-state index contributed by atoms with van der Waals surface area (Å²) in [5.41, 5.74) is 0. The molecule has 5 nitrogen and oxygen atoms in total. The van der Waals surface area contributed by atoms with Crippen LogP contribution in [0.3, 0.4) is 0 Å². The Balaban J connectivity index is 1.88. The number of aromatic nitrogens is 3. The zero-order valence-corrected chi connectivity index (χ0v) is 8.95. The lowest BCUT2D eigenvalue weighted by Gasteiger charge is -2.08. The van der Waals surface area contributed by atoms with Gasteiger partial charge in [0, 0.05) is 0 Å². The van der Waals surface area contributed by atoms with Gasteiger partial charge in [0.15, 0.2) is 5.22 Å². The summed E-state index contributed by atoms with van der Waals surface area (Å²) in [6.07, 6.45) is 1.48. The van der Waals surface area contributed by atoms with Crippen LogP contribution in [0, 0.1) is 0 Å². The molecular formula is C9H11ClN4O. The van der Waals surface area contributed by atoms with Crippen LogP contribution >= 0.6 is 11.6 Å². The lowest BCUT2D eigenvalue weighted by molar-refractivity contribution is 0.455. The number of furan rings is 1. The molecule has 15 heavy (non-hydrogen) atoms. The van der Waals surface area contributed by atoms with E-state index in [1.54, 1.807) is 6.07 Å². The highest BCUT2D eigenvalue weighted by Gasteiger charge is 2.08. The van der Waals surface area contributed by atoms with Crippen molar-refractivity contribution in [2.24, 2.45) is 0 Å². The largest absolute Gasteiger partial charge is 0.448 e. The third-order valence-electron chi connectivity index (χ3n) is 2.06. The Labute approximate surface area is 91.8 Å². The van der Waals surface area contributed by atoms with Crippen molar-refractivity contribution >= 4 is 11.6 Å². The normalized spacial score (nSPS) is 12.9. The number of halogens is 1. The Kier molecular flexibility index (Phi) is 3.03. The van der Waals surface area contributed by atoms with E-state index >= 15 is 0 Å². The van der Waals surface area contributed by atoms with E-state index in [9.17, 15) is 0 Å². The summed E-state index contributed by atoms with van der Waals surface area (Å²) in [7, 11) is 0. The number of nitrogens with zero attached hydrogens (tertiary/aromatic N) is 2. The first kappa shape index (κ1) is 10.2. The molecule has 0 saturated heterocycles. The molecule has 2 heterocycles. The Bertz CT molecular complexity index is 411. The molecule has 0 amide bonds. The first-order valence-corrected chi connectivity index (χ1v) is 4.96. The topological polar surface area (TPSA) is 66.7 Å². The lowest BCUT2D eigenvalue weighted by atomic mass is 10.3. The zero-order chi connectivity index (χ0) is 10.7. The van der Waals surface area contributed by atoms with E-state index in [1.807, 2.05) is 13.0 Å². The molecule has 0 spiro atoms. The van der Waals surface area contributed by atoms with Crippen molar-refractivity contribution in [1.82, 2.24) is 20.5 Å². The Morgan fingerprint density at radius 3 is 3.07 bits per heavy atom. The molecule has 1 unspecified atom stereocenters. The standard InChI is InChI=1S/C9H11ClN4O/c1-6(9-12-5-13-14-9)11-4-7-2-3-8(10)15-7/h2-3,5-6,11H,4H2,1H3,(H,12,13,14). The molecule has 2 aromatic heterocycles. The number of hydrogen-bond donors (Lipinski definition) is 2. The lowest BCUT2D eigenvalue weighted by Crippen LogP contribution is -2.18. The van der Waals surface area contributed by atoms with Gasteiger partial charge in [0.25, 0.3) is 0 Å². The number of H-pyrrole nitrogens is 1. The van der Waals surface area contributed by atoms with Crippen LogP contribution in [0.1, 0.15) is 24.6 Å². The predicted octanol–water partition coefficient (Wildman–Crippen LogP) is 1.90. The number of hydrogen-bond acceptors (Lipinski definition) is 4. The van der Waals surface area contributed by atoms with Crippen LogP contribution in [0.4, 0.5) is 0 Å². The van der Waals surface area contributed by atoms with Crippen LogP contribution < -0.4 is 5.32 Å². The quantitative estimate of drug-likeness (QED) is 0.836. The minimum Gasteiger partial charge on any atom is -0.448 e. The average Bonchev–Trinajstić information content (AvgIpc) is 2.84. The molecule has 1 atom stereocenters. The highest BCUT2D eigenvalue weighted by Crippen LogP contribution is 2.14. The second-order valence-corrected chi connectivity index (χ2v) is 3.55. The summed E-state index contributed by atoms with van der Waals surface area (Å²) in [5, 5.41) is 10.2. The van der Waals surface area contributed by atoms with Crippen molar-refractivity contribution in [3.8, 4) is 0 Å². The maximum Gasteiger partial charge on any atom is 0.193 e. The van der Waals surface area contributed by atoms with Gasteiger partial charge in [0.1, 0.15) is 17.9 Å². The summed E-state index contributed by atoms with van der Waals surface area (Å²) in [6.45, 7) is 2.60. The highest BCUT2D eigenvalue weighted by molar-refractivity contribution is 6.28. The van der Waals surface area contributed by atoms with E-state index in [0.717, 1.165) is 11.6 Å². The van der Waals surface area contributed by atoms with Crippen LogP contribution in [-0.2, 0) is 6.54 Å². The van der Waals surface area contributed by atoms with Gasteiger partial charge in [-0.25, -0.2) is 4.98 Å². The SMILES string of the molecule is CC(NCc1ccc(Cl)o1)c1ncn[nH]1. The highest BCUT2D eigenvalue weighted by atomic mass is 35.5. The maximum atomic E-state index is 5.65. The Hall–Kier alpha value is -1.33. The molecule has 0 radical (unpaired) electrons. The first-order valence-electron chi connectivity index (χ1n) is 4.58. The van der Waals surface area contributed by atoms with Gasteiger partial charge in [-0.1, -0.05) is 0 Å². The summed E-state index contributed by atoms with van der Waals surface area (Å²) < 4.78 is 5.21. The molecule has 0 fully saturated rings. The van der Waals surface area contributed by atoms with Gasteiger partial charge in [-0.2, -0.15) is 5.10 Å². The van der Waals surface area contributed by atoms with E-state index in [4.69, 9.17) is 16.0 Å². The predicted molar refractivity (Wildman–Crippen MR) is 55.4 cm³/mol. The van der Waals surface area contributed by atoms with E-state index in [2.05, 4.69) is 20.5 Å². The average molecular weight is 227 g/mol. The molecule has 0 saturated carbocycles. The van der Waals surface area contributed by atoms with Crippen LogP contribution in [0.25, 0.3) is 0 Å². The monoisotopic (exact) mass is 226 g/mol. The number of aromatic amines is 1. The Morgan fingerprint density at radius 1 is 1.60 bits per heavy atom. The van der Waals surface area contributed by atoms with Crippen molar-refractivity contribution in [3.63, 3.8) is 0 Å². The Morgan fingerprint density at radius 2 is 2.47 bits per heavy atom. The van der Waals surface area contributed by atoms with Gasteiger partial charge >= 0.3 is 0 Å². The van der Waals surface area contributed by atoms with Crippen molar-refractivity contribution in [1.29, 1.82) is 0 Å². The third kappa shape index (κ3) is 2.57. The number of nitrogens with one attached hydrogen (secondary N) is 2. The summed E-state index contributed by atoms with van der Waals surface area (Å²) >= 11 is 5.65. The van der Waals surface area contributed by atoms with Gasteiger partial charge in [0.2, 0.25) is 0 Å². The van der Waals surface area contributed by atoms with Crippen LogP contribution in [0.15, 0.2) is 22.9 Å². The molecule has 2 aromatic rings. The van der Waals surface area contributed by atoms with Gasteiger partial charge < -0.3 is 9.73 Å². The van der Waals surface area contributed by atoms with Crippen LogP contribution in [0.5, 0.6) is 0 Å². The molecule has 0 bridgehead atoms. The smallest absolute Gasteiger partial charge is 0.193 e. The first-order chi connectivity index (χ1) is 7.25. The molecule has 0 aliphatic carbocycles. The molecule has 0 aromatic carbocycles. The second-order valence-electron chi connectivity index (χ2n) is 3.18. The molecule has 80 valence electrons. The second kappa shape index (κ2) is 4.46. The zero-order valence-electron chi connectivity index (χ0n) is 8.20. The van der Waals surface area contributed by atoms with Gasteiger partial charge in [-0.3, -0.25) is 5.10 Å². The molecule has 2 rings (SSSR count). The fraction of sp³-hybridized carbons (Fsp3) is 0.333. The van der Waals surface area contributed by atoms with Crippen LogP contribution in [-0.4, -0.2) is 15.2 Å². The maximum absolute atomic E-state index is 5.65. The molecular weight excluding hydrogens is 216 g/mol. The van der Waals surface area contributed by atoms with Crippen molar-refractivity contribution in [2.75, 3.05) is 0 Å². The fourth-order valence-electron chi connectivity index (χ4n) is 1.22. The van der Waals surface area contributed by atoms with Gasteiger partial charge in [0.05, 0.1) is 12.6 Å².